The van der Waals surface area contributed by atoms with Crippen LogP contribution in [0.4, 0.5) is 4.39 Å². The molecule has 0 atom stereocenters. The molecule has 0 aliphatic rings. The predicted molar refractivity (Wildman–Crippen MR) is 104 cm³/mol. The van der Waals surface area contributed by atoms with Gasteiger partial charge >= 0.3 is 0 Å². The molecule has 150 valence electrons. The van der Waals surface area contributed by atoms with Gasteiger partial charge < -0.3 is 15.7 Å². The van der Waals surface area contributed by atoms with Crippen molar-refractivity contribution < 1.29 is 17.9 Å². The van der Waals surface area contributed by atoms with Gasteiger partial charge in [0.1, 0.15) is 11.5 Å². The van der Waals surface area contributed by atoms with Crippen LogP contribution >= 0.6 is 11.6 Å². The van der Waals surface area contributed by atoms with Gasteiger partial charge in [-0.2, -0.15) is 5.10 Å². The third kappa shape index (κ3) is 5.65. The number of hydrogen-bond acceptors (Lipinski definition) is 7. The average molecular weight is 428 g/mol. The van der Waals surface area contributed by atoms with Gasteiger partial charge in [-0.25, -0.2) is 17.5 Å². The molecular weight excluding hydrogens is 409 g/mol. The van der Waals surface area contributed by atoms with Crippen LogP contribution in [0.15, 0.2) is 53.8 Å². The third-order valence-corrected chi connectivity index (χ3v) is 5.33. The summed E-state index contributed by atoms with van der Waals surface area (Å²) in [5.41, 5.74) is 1.88. The fourth-order valence-corrected chi connectivity index (χ4v) is 3.27. The van der Waals surface area contributed by atoms with E-state index in [1.807, 2.05) is 0 Å². The van der Waals surface area contributed by atoms with E-state index < -0.39 is 15.8 Å². The Morgan fingerprint density at radius 3 is 2.64 bits per heavy atom. The zero-order valence-electron chi connectivity index (χ0n) is 14.9. The van der Waals surface area contributed by atoms with Crippen molar-refractivity contribution in [1.29, 1.82) is 0 Å². The second-order valence-electron chi connectivity index (χ2n) is 5.55. The first-order chi connectivity index (χ1) is 13.3. The Morgan fingerprint density at radius 2 is 2.07 bits per heavy atom. The molecule has 8 nitrogen and oxygen atoms in total. The van der Waals surface area contributed by atoms with Crippen LogP contribution in [0.5, 0.6) is 0 Å². The molecule has 0 saturated heterocycles. The van der Waals surface area contributed by atoms with Crippen molar-refractivity contribution in [3.8, 4) is 0 Å². The number of aromatic nitrogens is 2. The van der Waals surface area contributed by atoms with Crippen LogP contribution in [0.25, 0.3) is 5.70 Å². The molecule has 11 heteroatoms. The fourth-order valence-electron chi connectivity index (χ4n) is 2.00. The van der Waals surface area contributed by atoms with Gasteiger partial charge in [0.2, 0.25) is 10.0 Å². The SMILES string of the molecule is C=C(NC/C(=C/O)NC)c1ccc(CNS(=O)(=O)c2ccc(F)c(Cl)c2)nn1. The topological polar surface area (TPSA) is 116 Å². The smallest absolute Gasteiger partial charge is 0.240 e. The van der Waals surface area contributed by atoms with E-state index in [0.717, 1.165) is 24.5 Å². The number of aliphatic hydroxyl groups excluding tert-OH is 1. The zero-order chi connectivity index (χ0) is 20.7. The number of hydrogen-bond donors (Lipinski definition) is 4. The summed E-state index contributed by atoms with van der Waals surface area (Å²) in [4.78, 5) is -0.154. The van der Waals surface area contributed by atoms with Crippen molar-refractivity contribution in [3.63, 3.8) is 0 Å². The first-order valence-electron chi connectivity index (χ1n) is 7.98. The highest BCUT2D eigenvalue weighted by Crippen LogP contribution is 2.19. The third-order valence-electron chi connectivity index (χ3n) is 3.64. The van der Waals surface area contributed by atoms with Crippen LogP contribution in [0.2, 0.25) is 5.02 Å². The molecule has 0 fully saturated rings. The highest BCUT2D eigenvalue weighted by molar-refractivity contribution is 7.89. The zero-order valence-corrected chi connectivity index (χ0v) is 16.5. The quantitative estimate of drug-likeness (QED) is 0.452. The van der Waals surface area contributed by atoms with Crippen molar-refractivity contribution in [2.45, 2.75) is 11.4 Å². The van der Waals surface area contributed by atoms with Gasteiger partial charge in [-0.3, -0.25) is 0 Å². The number of nitrogens with one attached hydrogen (secondary N) is 3. The molecular formula is C17H19ClFN5O3S. The van der Waals surface area contributed by atoms with E-state index in [9.17, 15) is 12.8 Å². The lowest BCUT2D eigenvalue weighted by atomic mass is 10.3. The second-order valence-corrected chi connectivity index (χ2v) is 7.72. The number of likely N-dealkylation sites (N-methyl/N-ethyl adjacent to an activating group) is 1. The van der Waals surface area contributed by atoms with E-state index in [-0.39, 0.29) is 16.5 Å². The van der Waals surface area contributed by atoms with Crippen molar-refractivity contribution in [2.75, 3.05) is 13.6 Å². The predicted octanol–water partition coefficient (Wildman–Crippen LogP) is 1.93. The van der Waals surface area contributed by atoms with E-state index in [1.54, 1.807) is 19.2 Å². The van der Waals surface area contributed by atoms with E-state index >= 15 is 0 Å². The minimum atomic E-state index is -3.88. The van der Waals surface area contributed by atoms with E-state index in [4.69, 9.17) is 16.7 Å². The van der Waals surface area contributed by atoms with Crippen LogP contribution in [-0.4, -0.2) is 37.3 Å². The monoisotopic (exact) mass is 427 g/mol. The highest BCUT2D eigenvalue weighted by atomic mass is 35.5. The minimum absolute atomic E-state index is 0.109. The molecule has 1 aromatic heterocycles. The van der Waals surface area contributed by atoms with Crippen LogP contribution in [0.3, 0.4) is 0 Å². The summed E-state index contributed by atoms with van der Waals surface area (Å²) >= 11 is 5.62. The number of sulfonamides is 1. The molecule has 2 rings (SSSR count). The van der Waals surface area contributed by atoms with Crippen LogP contribution in [0.1, 0.15) is 11.4 Å². The van der Waals surface area contributed by atoms with Gasteiger partial charge in [-0.15, -0.1) is 5.10 Å². The molecule has 28 heavy (non-hydrogen) atoms. The van der Waals surface area contributed by atoms with Gasteiger partial charge in [-0.1, -0.05) is 18.2 Å². The van der Waals surface area contributed by atoms with Gasteiger partial charge in [-0.05, 0) is 30.3 Å². The van der Waals surface area contributed by atoms with Crippen LogP contribution in [0, 0.1) is 5.82 Å². The average Bonchev–Trinajstić information content (AvgIpc) is 2.69. The Morgan fingerprint density at radius 1 is 1.32 bits per heavy atom. The van der Waals surface area contributed by atoms with Crippen molar-refractivity contribution in [3.05, 3.63) is 71.1 Å². The summed E-state index contributed by atoms with van der Waals surface area (Å²) in [5.74, 6) is -0.702. The summed E-state index contributed by atoms with van der Waals surface area (Å²) < 4.78 is 40.0. The Kier molecular flexibility index (Phi) is 7.32. The molecule has 0 amide bonds. The van der Waals surface area contributed by atoms with Gasteiger partial charge in [0.05, 0.1) is 46.4 Å². The number of halogens is 2. The molecule has 0 unspecified atom stereocenters. The fraction of sp³-hybridized carbons (Fsp3) is 0.176. The molecule has 1 heterocycles. The molecule has 4 N–H and O–H groups in total. The molecule has 1 aromatic carbocycles. The maximum atomic E-state index is 13.2. The largest absolute Gasteiger partial charge is 0.514 e. The summed E-state index contributed by atoms with van der Waals surface area (Å²) in [7, 11) is -2.22. The van der Waals surface area contributed by atoms with Gasteiger partial charge in [0.15, 0.2) is 0 Å². The van der Waals surface area contributed by atoms with Crippen molar-refractivity contribution in [1.82, 2.24) is 25.6 Å². The van der Waals surface area contributed by atoms with Gasteiger partial charge in [0.25, 0.3) is 0 Å². The molecule has 0 radical (unpaired) electrons. The maximum absolute atomic E-state index is 13.2. The minimum Gasteiger partial charge on any atom is -0.514 e. The molecule has 2 aromatic rings. The summed E-state index contributed by atoms with van der Waals surface area (Å²) in [6.45, 7) is 4.04. The Balaban J connectivity index is 1.98. The van der Waals surface area contributed by atoms with E-state index in [2.05, 4.69) is 32.1 Å². The Bertz CT molecular complexity index is 981. The van der Waals surface area contributed by atoms with Crippen LogP contribution < -0.4 is 15.4 Å². The first-order valence-corrected chi connectivity index (χ1v) is 9.84. The lowest BCUT2D eigenvalue weighted by Gasteiger charge is -2.11. The van der Waals surface area contributed by atoms with Crippen molar-refractivity contribution >= 4 is 27.3 Å². The lowest BCUT2D eigenvalue weighted by molar-refractivity contribution is 0.460. The molecule has 0 bridgehead atoms. The normalized spacial score (nSPS) is 11.9. The number of nitrogens with zero attached hydrogens (tertiary/aromatic N) is 2. The Labute approximate surface area is 167 Å². The number of benzene rings is 1. The summed E-state index contributed by atoms with van der Waals surface area (Å²) in [6, 6.07) is 6.35. The molecule has 0 aliphatic heterocycles. The van der Waals surface area contributed by atoms with Crippen molar-refractivity contribution in [2.24, 2.45) is 0 Å². The first kappa shape index (κ1) is 21.6. The summed E-state index contributed by atoms with van der Waals surface area (Å²) in [6.07, 6.45) is 0.940. The standard InChI is InChI=1S/C17H19ClFN5O3S/c1-11(21-8-13(10-25)20-2)17-6-3-12(23-24-17)9-22-28(26,27)14-4-5-16(19)15(18)7-14/h3-7,10,20-22,25H,1,8-9H2,2H3/b13-10-. The summed E-state index contributed by atoms with van der Waals surface area (Å²) in [5, 5.41) is 22.4. The van der Waals surface area contributed by atoms with E-state index in [1.165, 1.54) is 0 Å². The van der Waals surface area contributed by atoms with Crippen LogP contribution in [-0.2, 0) is 16.6 Å². The highest BCUT2D eigenvalue weighted by Gasteiger charge is 2.16. The number of aliphatic hydroxyl groups is 1. The number of rotatable bonds is 9. The maximum Gasteiger partial charge on any atom is 0.240 e. The van der Waals surface area contributed by atoms with E-state index in [0.29, 0.717) is 29.3 Å². The lowest BCUT2D eigenvalue weighted by Crippen LogP contribution is -2.24. The molecule has 0 aliphatic carbocycles. The second kappa shape index (κ2) is 9.49. The molecule has 0 spiro atoms. The van der Waals surface area contributed by atoms with Gasteiger partial charge in [0, 0.05) is 7.05 Å². The molecule has 0 saturated carbocycles. The Hall–Kier alpha value is -2.69.